The highest BCUT2D eigenvalue weighted by Gasteiger charge is 2.30. The smallest absolute Gasteiger partial charge is 0.321 e. The molecule has 2 atom stereocenters. The molecule has 3 rings (SSSR count). The molecule has 0 saturated carbocycles. The molecular weight excluding hydrogens is 284 g/mol. The summed E-state index contributed by atoms with van der Waals surface area (Å²) >= 11 is 1.67. The minimum Gasteiger partial charge on any atom is -0.480 e. The zero-order valence-electron chi connectivity index (χ0n) is 12.1. The van der Waals surface area contributed by atoms with Gasteiger partial charge in [0.05, 0.1) is 5.37 Å². The Labute approximate surface area is 129 Å². The Balaban J connectivity index is 1.58. The third kappa shape index (κ3) is 3.78. The summed E-state index contributed by atoms with van der Waals surface area (Å²) in [6.45, 7) is 3.45. The van der Waals surface area contributed by atoms with Crippen molar-refractivity contribution in [2.75, 3.05) is 18.8 Å². The van der Waals surface area contributed by atoms with Gasteiger partial charge in [-0.1, -0.05) is 30.7 Å². The fourth-order valence-electron chi connectivity index (χ4n) is 2.98. The van der Waals surface area contributed by atoms with Crippen LogP contribution in [0.15, 0.2) is 24.3 Å². The van der Waals surface area contributed by atoms with Crippen molar-refractivity contribution in [1.82, 2.24) is 10.2 Å². The molecule has 0 radical (unpaired) electrons. The Bertz CT molecular complexity index is 486. The molecule has 2 heterocycles. The fraction of sp³-hybridized carbons (Fsp3) is 0.562. The Morgan fingerprint density at radius 3 is 2.57 bits per heavy atom. The molecule has 2 aliphatic rings. The first-order chi connectivity index (χ1) is 10.2. The van der Waals surface area contributed by atoms with Crippen LogP contribution in [-0.4, -0.2) is 40.9 Å². The van der Waals surface area contributed by atoms with E-state index in [1.165, 1.54) is 43.5 Å². The van der Waals surface area contributed by atoms with Crippen molar-refractivity contribution in [1.29, 1.82) is 0 Å². The van der Waals surface area contributed by atoms with Crippen LogP contribution in [0.1, 0.15) is 35.8 Å². The van der Waals surface area contributed by atoms with Gasteiger partial charge in [-0.15, -0.1) is 11.8 Å². The summed E-state index contributed by atoms with van der Waals surface area (Å²) < 4.78 is 0. The largest absolute Gasteiger partial charge is 0.480 e. The molecule has 2 N–H and O–H groups in total. The van der Waals surface area contributed by atoms with Gasteiger partial charge in [-0.2, -0.15) is 0 Å². The molecule has 21 heavy (non-hydrogen) atoms. The summed E-state index contributed by atoms with van der Waals surface area (Å²) in [5.74, 6) is -0.123. The van der Waals surface area contributed by atoms with Crippen LogP contribution in [0.5, 0.6) is 0 Å². The average Bonchev–Trinajstić information content (AvgIpc) is 2.99. The zero-order chi connectivity index (χ0) is 14.7. The molecule has 0 aromatic heterocycles. The maximum Gasteiger partial charge on any atom is 0.321 e. The van der Waals surface area contributed by atoms with Gasteiger partial charge in [0.2, 0.25) is 0 Å². The van der Waals surface area contributed by atoms with Crippen LogP contribution < -0.4 is 5.32 Å². The Hall–Kier alpha value is -1.04. The first-order valence-corrected chi connectivity index (χ1v) is 8.69. The molecule has 0 aliphatic carbocycles. The normalized spacial score (nSPS) is 26.9. The van der Waals surface area contributed by atoms with E-state index in [1.54, 1.807) is 11.8 Å². The van der Waals surface area contributed by atoms with Gasteiger partial charge in [0.25, 0.3) is 0 Å². The van der Waals surface area contributed by atoms with Crippen molar-refractivity contribution < 1.29 is 9.90 Å². The quantitative estimate of drug-likeness (QED) is 0.895. The van der Waals surface area contributed by atoms with E-state index in [1.807, 2.05) is 0 Å². The second kappa shape index (κ2) is 6.81. The lowest BCUT2D eigenvalue weighted by Gasteiger charge is -2.26. The highest BCUT2D eigenvalue weighted by atomic mass is 32.2. The topological polar surface area (TPSA) is 52.6 Å². The Morgan fingerprint density at radius 1 is 1.24 bits per heavy atom. The third-order valence-corrected chi connectivity index (χ3v) is 5.48. The predicted octanol–water partition coefficient (Wildman–Crippen LogP) is 2.46. The van der Waals surface area contributed by atoms with Crippen molar-refractivity contribution >= 4 is 17.7 Å². The molecular formula is C16H22N2O2S. The van der Waals surface area contributed by atoms with E-state index in [2.05, 4.69) is 34.5 Å². The number of thioether (sulfide) groups is 1. The van der Waals surface area contributed by atoms with Crippen LogP contribution >= 0.6 is 11.8 Å². The monoisotopic (exact) mass is 306 g/mol. The first-order valence-electron chi connectivity index (χ1n) is 7.64. The van der Waals surface area contributed by atoms with E-state index in [0.717, 1.165) is 6.54 Å². The molecule has 4 nitrogen and oxygen atoms in total. The minimum absolute atomic E-state index is 0.107. The lowest BCUT2D eigenvalue weighted by Crippen LogP contribution is -2.33. The molecule has 2 fully saturated rings. The second-order valence-corrected chi connectivity index (χ2v) is 6.99. The number of nitrogens with zero attached hydrogens (tertiary/aromatic N) is 1. The van der Waals surface area contributed by atoms with Gasteiger partial charge in [-0.05, 0) is 37.1 Å². The molecule has 0 amide bonds. The maximum absolute atomic E-state index is 11.0. The maximum atomic E-state index is 11.0. The molecule has 2 saturated heterocycles. The first kappa shape index (κ1) is 14.9. The molecule has 114 valence electrons. The number of aliphatic carboxylic acids is 1. The second-order valence-electron chi connectivity index (χ2n) is 5.85. The average molecular weight is 306 g/mol. The van der Waals surface area contributed by atoms with E-state index in [4.69, 9.17) is 5.11 Å². The molecule has 1 aromatic carbocycles. The summed E-state index contributed by atoms with van der Waals surface area (Å²) in [7, 11) is 0. The van der Waals surface area contributed by atoms with Gasteiger partial charge < -0.3 is 5.11 Å². The lowest BCUT2D eigenvalue weighted by atomic mass is 10.1. The van der Waals surface area contributed by atoms with Crippen molar-refractivity contribution in [3.63, 3.8) is 0 Å². The fourth-order valence-corrected chi connectivity index (χ4v) is 4.21. The summed E-state index contributed by atoms with van der Waals surface area (Å²) in [5, 5.41) is 12.3. The van der Waals surface area contributed by atoms with Crippen LogP contribution in [0.4, 0.5) is 0 Å². The number of piperidine rings is 1. The third-order valence-electron chi connectivity index (χ3n) is 4.22. The van der Waals surface area contributed by atoms with Gasteiger partial charge in [0.15, 0.2) is 0 Å². The van der Waals surface area contributed by atoms with Crippen LogP contribution in [-0.2, 0) is 11.3 Å². The SMILES string of the molecule is O=C(O)C1CSC(c2ccc(CN3CCCCC3)cc2)N1. The van der Waals surface area contributed by atoms with E-state index >= 15 is 0 Å². The highest BCUT2D eigenvalue weighted by molar-refractivity contribution is 7.99. The molecule has 1 aromatic rings. The van der Waals surface area contributed by atoms with Crippen molar-refractivity contribution in [3.8, 4) is 0 Å². The van der Waals surface area contributed by atoms with Gasteiger partial charge >= 0.3 is 5.97 Å². The summed E-state index contributed by atoms with van der Waals surface area (Å²) in [4.78, 5) is 13.5. The van der Waals surface area contributed by atoms with Crippen LogP contribution in [0, 0.1) is 0 Å². The molecule has 2 unspecified atom stereocenters. The number of likely N-dealkylation sites (tertiary alicyclic amines) is 1. The van der Waals surface area contributed by atoms with Crippen molar-refractivity contribution in [2.24, 2.45) is 0 Å². The van der Waals surface area contributed by atoms with Crippen LogP contribution in [0.25, 0.3) is 0 Å². The van der Waals surface area contributed by atoms with Gasteiger partial charge in [-0.25, -0.2) is 0 Å². The molecule has 0 bridgehead atoms. The number of hydrogen-bond acceptors (Lipinski definition) is 4. The van der Waals surface area contributed by atoms with Crippen molar-refractivity contribution in [2.45, 2.75) is 37.2 Å². The van der Waals surface area contributed by atoms with Gasteiger partial charge in [-0.3, -0.25) is 15.0 Å². The number of benzene rings is 1. The lowest BCUT2D eigenvalue weighted by molar-refractivity contribution is -0.138. The number of carbonyl (C=O) groups is 1. The van der Waals surface area contributed by atoms with Gasteiger partial charge in [0, 0.05) is 12.3 Å². The highest BCUT2D eigenvalue weighted by Crippen LogP contribution is 2.32. The standard InChI is InChI=1S/C16H22N2O2S/c19-16(20)14-11-21-15(17-14)13-6-4-12(5-7-13)10-18-8-2-1-3-9-18/h4-7,14-15,17H,1-3,8-11H2,(H,19,20). The van der Waals surface area contributed by atoms with E-state index < -0.39 is 12.0 Å². The Morgan fingerprint density at radius 2 is 1.95 bits per heavy atom. The Kier molecular flexibility index (Phi) is 4.83. The van der Waals surface area contributed by atoms with E-state index in [9.17, 15) is 4.79 Å². The predicted molar refractivity (Wildman–Crippen MR) is 85.3 cm³/mol. The number of hydrogen-bond donors (Lipinski definition) is 2. The number of rotatable bonds is 4. The summed E-state index contributed by atoms with van der Waals surface area (Å²) in [6, 6.07) is 8.20. The minimum atomic E-state index is -0.758. The van der Waals surface area contributed by atoms with E-state index in [0.29, 0.717) is 5.75 Å². The number of nitrogens with one attached hydrogen (secondary N) is 1. The summed E-state index contributed by atoms with van der Waals surface area (Å²) in [5.41, 5.74) is 2.52. The van der Waals surface area contributed by atoms with Crippen molar-refractivity contribution in [3.05, 3.63) is 35.4 Å². The van der Waals surface area contributed by atoms with Crippen LogP contribution in [0.2, 0.25) is 0 Å². The zero-order valence-corrected chi connectivity index (χ0v) is 12.9. The van der Waals surface area contributed by atoms with Gasteiger partial charge in [0.1, 0.15) is 6.04 Å². The molecule has 5 heteroatoms. The summed E-state index contributed by atoms with van der Waals surface area (Å²) in [6.07, 6.45) is 4.00. The molecule has 0 spiro atoms. The van der Waals surface area contributed by atoms with E-state index in [-0.39, 0.29) is 5.37 Å². The number of carboxylic acids is 1. The number of carboxylic acid groups (broad SMARTS) is 1. The molecule has 2 aliphatic heterocycles. The van der Waals surface area contributed by atoms with Crippen LogP contribution in [0.3, 0.4) is 0 Å².